The lowest BCUT2D eigenvalue weighted by Crippen LogP contribution is -2.43. The van der Waals surface area contributed by atoms with Gasteiger partial charge in [0.2, 0.25) is 0 Å². The van der Waals surface area contributed by atoms with Crippen LogP contribution in [0.25, 0.3) is 10.9 Å². The normalized spacial score (nSPS) is 17.0. The van der Waals surface area contributed by atoms with Gasteiger partial charge in [0.1, 0.15) is 5.69 Å². The Morgan fingerprint density at radius 3 is 2.81 bits per heavy atom. The third-order valence-electron chi connectivity index (χ3n) is 4.03. The van der Waals surface area contributed by atoms with Gasteiger partial charge in [0.05, 0.1) is 5.52 Å². The van der Waals surface area contributed by atoms with Crippen LogP contribution in [0.3, 0.4) is 0 Å². The molecule has 21 heavy (non-hydrogen) atoms. The maximum atomic E-state index is 12.3. The Bertz CT molecular complexity index is 662. The minimum atomic E-state index is -0.137. The lowest BCUT2D eigenvalue weighted by atomic mass is 10.1. The Kier molecular flexibility index (Phi) is 3.75. The molecule has 1 aliphatic heterocycles. The number of nitrogens with zero attached hydrogens (tertiary/aromatic N) is 2. The van der Waals surface area contributed by atoms with Crippen LogP contribution in [-0.4, -0.2) is 42.0 Å². The van der Waals surface area contributed by atoms with Crippen LogP contribution in [0.1, 0.15) is 23.3 Å². The van der Waals surface area contributed by atoms with Crippen LogP contribution in [-0.2, 0) is 0 Å². The first kappa shape index (κ1) is 13.8. The molecule has 0 saturated carbocycles. The number of nitrogen functional groups attached to an aromatic ring is 1. The van der Waals surface area contributed by atoms with Gasteiger partial charge in [0.15, 0.2) is 0 Å². The molecule has 1 amide bonds. The van der Waals surface area contributed by atoms with Crippen LogP contribution >= 0.6 is 0 Å². The summed E-state index contributed by atoms with van der Waals surface area (Å²) in [5.41, 5.74) is 7.76. The van der Waals surface area contributed by atoms with Crippen molar-refractivity contribution in [2.75, 3.05) is 25.9 Å². The Morgan fingerprint density at radius 2 is 2.05 bits per heavy atom. The summed E-state index contributed by atoms with van der Waals surface area (Å²) in [4.78, 5) is 19.0. The number of nitrogens with two attached hydrogens (primary N) is 1. The molecule has 0 radical (unpaired) electrons. The first-order valence-electron chi connectivity index (χ1n) is 7.28. The largest absolute Gasteiger partial charge is 0.398 e. The molecule has 2 heterocycles. The average Bonchev–Trinajstić information content (AvgIpc) is 2.49. The van der Waals surface area contributed by atoms with Crippen molar-refractivity contribution < 1.29 is 4.79 Å². The van der Waals surface area contributed by atoms with Crippen molar-refractivity contribution >= 4 is 22.5 Å². The highest BCUT2D eigenvalue weighted by Gasteiger charge is 2.20. The van der Waals surface area contributed by atoms with Crippen LogP contribution in [0.4, 0.5) is 5.69 Å². The number of benzene rings is 1. The van der Waals surface area contributed by atoms with Crippen molar-refractivity contribution in [3.63, 3.8) is 0 Å². The number of nitrogens with one attached hydrogen (secondary N) is 1. The van der Waals surface area contributed by atoms with Gasteiger partial charge in [-0.2, -0.15) is 0 Å². The average molecular weight is 284 g/mol. The first-order valence-corrected chi connectivity index (χ1v) is 7.28. The van der Waals surface area contributed by atoms with Gasteiger partial charge in [-0.25, -0.2) is 4.98 Å². The molecule has 0 aliphatic carbocycles. The molecule has 1 aromatic carbocycles. The van der Waals surface area contributed by atoms with Gasteiger partial charge < -0.3 is 16.0 Å². The summed E-state index contributed by atoms with van der Waals surface area (Å²) in [7, 11) is 2.10. The van der Waals surface area contributed by atoms with Crippen LogP contribution in [0.5, 0.6) is 0 Å². The van der Waals surface area contributed by atoms with Crippen LogP contribution in [0.15, 0.2) is 30.3 Å². The van der Waals surface area contributed by atoms with E-state index in [-0.39, 0.29) is 11.9 Å². The van der Waals surface area contributed by atoms with E-state index in [1.54, 1.807) is 6.07 Å². The van der Waals surface area contributed by atoms with E-state index in [0.717, 1.165) is 36.8 Å². The third kappa shape index (κ3) is 2.97. The van der Waals surface area contributed by atoms with Crippen LogP contribution < -0.4 is 11.1 Å². The molecule has 0 spiro atoms. The topological polar surface area (TPSA) is 71.2 Å². The molecule has 5 nitrogen and oxygen atoms in total. The summed E-state index contributed by atoms with van der Waals surface area (Å²) in [5, 5.41) is 3.95. The zero-order chi connectivity index (χ0) is 14.8. The minimum Gasteiger partial charge on any atom is -0.398 e. The second kappa shape index (κ2) is 5.69. The number of anilines is 1. The van der Waals surface area contributed by atoms with E-state index in [4.69, 9.17) is 5.73 Å². The lowest BCUT2D eigenvalue weighted by molar-refractivity contribution is 0.0912. The SMILES string of the molecule is CN1CCC(NC(=O)c2cc(N)c3ccccc3n2)CC1. The fraction of sp³-hybridized carbons (Fsp3) is 0.375. The highest BCUT2D eigenvalue weighted by Crippen LogP contribution is 2.20. The number of para-hydroxylation sites is 1. The summed E-state index contributed by atoms with van der Waals surface area (Å²) < 4.78 is 0. The number of fused-ring (bicyclic) bond motifs is 1. The zero-order valence-electron chi connectivity index (χ0n) is 12.2. The van der Waals surface area contributed by atoms with Crippen molar-refractivity contribution in [2.24, 2.45) is 0 Å². The Balaban J connectivity index is 1.78. The van der Waals surface area contributed by atoms with E-state index in [0.29, 0.717) is 11.4 Å². The number of aromatic nitrogens is 1. The van der Waals surface area contributed by atoms with Crippen molar-refractivity contribution in [3.8, 4) is 0 Å². The van der Waals surface area contributed by atoms with E-state index >= 15 is 0 Å². The summed E-state index contributed by atoms with van der Waals surface area (Å²) in [6.07, 6.45) is 1.95. The minimum absolute atomic E-state index is 0.137. The molecule has 0 bridgehead atoms. The highest BCUT2D eigenvalue weighted by molar-refractivity contribution is 5.99. The molecule has 5 heteroatoms. The molecular weight excluding hydrogens is 264 g/mol. The van der Waals surface area contributed by atoms with Gasteiger partial charge in [-0.3, -0.25) is 4.79 Å². The van der Waals surface area contributed by atoms with Crippen LogP contribution in [0.2, 0.25) is 0 Å². The molecule has 1 saturated heterocycles. The van der Waals surface area contributed by atoms with Crippen molar-refractivity contribution in [1.29, 1.82) is 0 Å². The number of amides is 1. The number of hydrogen-bond donors (Lipinski definition) is 2. The molecule has 110 valence electrons. The number of hydrogen-bond acceptors (Lipinski definition) is 4. The molecule has 0 atom stereocenters. The number of pyridine rings is 1. The summed E-state index contributed by atoms with van der Waals surface area (Å²) in [5.74, 6) is -0.137. The molecule has 3 rings (SSSR count). The molecule has 1 aliphatic rings. The predicted octanol–water partition coefficient (Wildman–Crippen LogP) is 1.64. The van der Waals surface area contributed by atoms with E-state index in [9.17, 15) is 4.79 Å². The van der Waals surface area contributed by atoms with Crippen molar-refractivity contribution in [2.45, 2.75) is 18.9 Å². The van der Waals surface area contributed by atoms with Gasteiger partial charge in [-0.15, -0.1) is 0 Å². The maximum Gasteiger partial charge on any atom is 0.270 e. The number of carbonyl (C=O) groups is 1. The van der Waals surface area contributed by atoms with Crippen molar-refractivity contribution in [3.05, 3.63) is 36.0 Å². The smallest absolute Gasteiger partial charge is 0.270 e. The molecular formula is C16H20N4O. The van der Waals surface area contributed by atoms with Gasteiger partial charge in [-0.1, -0.05) is 18.2 Å². The fourth-order valence-corrected chi connectivity index (χ4v) is 2.73. The molecule has 0 unspecified atom stereocenters. The predicted molar refractivity (Wildman–Crippen MR) is 84.1 cm³/mol. The first-order chi connectivity index (χ1) is 10.1. The van der Waals surface area contributed by atoms with Gasteiger partial charge in [0, 0.05) is 17.1 Å². The number of carbonyl (C=O) groups excluding carboxylic acids is 1. The summed E-state index contributed by atoms with van der Waals surface area (Å²) in [6.45, 7) is 2.02. The standard InChI is InChI=1S/C16H20N4O/c1-20-8-6-11(7-9-20)18-16(21)15-10-13(17)12-4-2-3-5-14(12)19-15/h2-5,10-11H,6-9H2,1H3,(H2,17,19)(H,18,21). The van der Waals surface area contributed by atoms with Crippen LogP contribution in [0, 0.1) is 0 Å². The summed E-state index contributed by atoms with van der Waals surface area (Å²) in [6, 6.07) is 9.48. The number of rotatable bonds is 2. The van der Waals surface area contributed by atoms with E-state index in [1.807, 2.05) is 24.3 Å². The Labute approximate surface area is 124 Å². The molecule has 1 aromatic heterocycles. The van der Waals surface area contributed by atoms with E-state index < -0.39 is 0 Å². The fourth-order valence-electron chi connectivity index (χ4n) is 2.73. The number of piperidine rings is 1. The summed E-state index contributed by atoms with van der Waals surface area (Å²) >= 11 is 0. The third-order valence-corrected chi connectivity index (χ3v) is 4.03. The lowest BCUT2D eigenvalue weighted by Gasteiger charge is -2.29. The molecule has 2 aromatic rings. The van der Waals surface area contributed by atoms with Crippen molar-refractivity contribution in [1.82, 2.24) is 15.2 Å². The van der Waals surface area contributed by atoms with Gasteiger partial charge in [0.25, 0.3) is 5.91 Å². The van der Waals surface area contributed by atoms with E-state index in [1.165, 1.54) is 0 Å². The second-order valence-electron chi connectivity index (χ2n) is 5.66. The van der Waals surface area contributed by atoms with Gasteiger partial charge >= 0.3 is 0 Å². The zero-order valence-corrected chi connectivity index (χ0v) is 12.2. The molecule has 1 fully saturated rings. The van der Waals surface area contributed by atoms with E-state index in [2.05, 4.69) is 22.2 Å². The Hall–Kier alpha value is -2.14. The molecule has 3 N–H and O–H groups in total. The highest BCUT2D eigenvalue weighted by atomic mass is 16.1. The monoisotopic (exact) mass is 284 g/mol. The van der Waals surface area contributed by atoms with Gasteiger partial charge in [-0.05, 0) is 45.1 Å². The second-order valence-corrected chi connectivity index (χ2v) is 5.66. The number of likely N-dealkylation sites (tertiary alicyclic amines) is 1. The Morgan fingerprint density at radius 1 is 1.33 bits per heavy atom. The quantitative estimate of drug-likeness (QED) is 0.879. The maximum absolute atomic E-state index is 12.3.